The van der Waals surface area contributed by atoms with Crippen LogP contribution in [0.25, 0.3) is 0 Å². The van der Waals surface area contributed by atoms with Crippen LogP contribution < -0.4 is 20.1 Å². The largest absolute Gasteiger partial charge is 0.384 e. The summed E-state index contributed by atoms with van der Waals surface area (Å²) < 4.78 is 60.3. The van der Waals surface area contributed by atoms with Gasteiger partial charge in [-0.1, -0.05) is 24.3 Å². The van der Waals surface area contributed by atoms with Crippen molar-refractivity contribution in [2.75, 3.05) is 47.5 Å². The molecule has 0 aliphatic rings. The van der Waals surface area contributed by atoms with E-state index in [0.29, 0.717) is 15.0 Å². The predicted octanol–water partition coefficient (Wildman–Crippen LogP) is 1.00. The average molecular weight is 529 g/mol. The van der Waals surface area contributed by atoms with Gasteiger partial charge in [0.2, 0.25) is 20.0 Å². The molecule has 0 unspecified atom stereocenters. The molecular weight excluding hydrogens is 500 g/mol. The lowest BCUT2D eigenvalue weighted by Gasteiger charge is -2.21. The predicted molar refractivity (Wildman–Crippen MR) is 131 cm³/mol. The van der Waals surface area contributed by atoms with Gasteiger partial charge >= 0.3 is 12.1 Å². The number of benzene rings is 2. The zero-order valence-corrected chi connectivity index (χ0v) is 20.9. The van der Waals surface area contributed by atoms with E-state index in [9.17, 15) is 26.4 Å². The number of primary amides is 2. The number of carbonyl (C=O) groups excluding carboxylic acids is 2. The first-order valence-electron chi connectivity index (χ1n) is 10.2. The van der Waals surface area contributed by atoms with Crippen molar-refractivity contribution in [2.24, 2.45) is 11.5 Å². The van der Waals surface area contributed by atoms with Crippen molar-refractivity contribution in [3.63, 3.8) is 0 Å². The molecule has 12 nitrogen and oxygen atoms in total. The third kappa shape index (κ3) is 7.39. The van der Waals surface area contributed by atoms with Crippen molar-refractivity contribution in [3.8, 4) is 0 Å². The SMILES string of the molecule is COCCS(=O)(=O)N(C(N)=O)c1ccc(Cc2ccc(N(C(N)=O)S(=O)(=O)CCOC)cc2)cc1. The summed E-state index contributed by atoms with van der Waals surface area (Å²) in [4.78, 5) is 23.6. The summed E-state index contributed by atoms with van der Waals surface area (Å²) in [5.41, 5.74) is 12.3. The number of hydrogen-bond donors (Lipinski definition) is 2. The molecule has 192 valence electrons. The van der Waals surface area contributed by atoms with Crippen LogP contribution in [0.1, 0.15) is 11.1 Å². The Morgan fingerprint density at radius 3 is 1.26 bits per heavy atom. The first-order chi connectivity index (χ1) is 16.4. The maximum absolute atomic E-state index is 12.4. The van der Waals surface area contributed by atoms with Crippen molar-refractivity contribution < 1.29 is 35.9 Å². The van der Waals surface area contributed by atoms with Gasteiger partial charge in [-0.2, -0.15) is 8.61 Å². The van der Waals surface area contributed by atoms with E-state index in [1.54, 1.807) is 24.3 Å². The number of ether oxygens (including phenoxy) is 2. The molecule has 0 saturated heterocycles. The van der Waals surface area contributed by atoms with Crippen LogP contribution in [0.4, 0.5) is 21.0 Å². The molecule has 0 fully saturated rings. The Morgan fingerprint density at radius 1 is 0.686 bits per heavy atom. The topological polar surface area (TPSA) is 179 Å². The zero-order valence-electron chi connectivity index (χ0n) is 19.3. The van der Waals surface area contributed by atoms with Crippen LogP contribution in [0.5, 0.6) is 0 Å². The van der Waals surface area contributed by atoms with Crippen LogP contribution in [0.15, 0.2) is 48.5 Å². The van der Waals surface area contributed by atoms with Crippen LogP contribution in [0, 0.1) is 0 Å². The second-order valence-electron chi connectivity index (χ2n) is 7.33. The lowest BCUT2D eigenvalue weighted by Crippen LogP contribution is -2.42. The van der Waals surface area contributed by atoms with Gasteiger partial charge in [-0.25, -0.2) is 26.4 Å². The van der Waals surface area contributed by atoms with Crippen molar-refractivity contribution >= 4 is 43.5 Å². The van der Waals surface area contributed by atoms with Crippen LogP contribution >= 0.6 is 0 Å². The lowest BCUT2D eigenvalue weighted by atomic mass is 10.0. The molecule has 4 N–H and O–H groups in total. The van der Waals surface area contributed by atoms with Gasteiger partial charge in [0, 0.05) is 14.2 Å². The van der Waals surface area contributed by atoms with Gasteiger partial charge in [0.1, 0.15) is 0 Å². The summed E-state index contributed by atoms with van der Waals surface area (Å²) >= 11 is 0. The van der Waals surface area contributed by atoms with E-state index < -0.39 is 43.6 Å². The van der Waals surface area contributed by atoms with Gasteiger partial charge in [0.25, 0.3) is 0 Å². The number of rotatable bonds is 12. The van der Waals surface area contributed by atoms with E-state index in [2.05, 4.69) is 0 Å². The summed E-state index contributed by atoms with van der Waals surface area (Å²) in [6, 6.07) is 10.1. The minimum Gasteiger partial charge on any atom is -0.384 e. The van der Waals surface area contributed by atoms with Crippen molar-refractivity contribution in [2.45, 2.75) is 6.42 Å². The quantitative estimate of drug-likeness (QED) is 0.409. The number of hydrogen-bond acceptors (Lipinski definition) is 8. The molecule has 2 aromatic carbocycles. The van der Waals surface area contributed by atoms with E-state index >= 15 is 0 Å². The number of amides is 4. The van der Waals surface area contributed by atoms with Gasteiger partial charge in [0.05, 0.1) is 36.1 Å². The summed E-state index contributed by atoms with van der Waals surface area (Å²) in [5.74, 6) is -0.825. The molecular formula is C21H28N4O8S2. The highest BCUT2D eigenvalue weighted by Crippen LogP contribution is 2.23. The Morgan fingerprint density at radius 2 is 1.00 bits per heavy atom. The smallest absolute Gasteiger partial charge is 0.333 e. The number of nitrogens with two attached hydrogens (primary N) is 2. The minimum absolute atomic E-state index is 0.0890. The maximum atomic E-state index is 12.4. The zero-order chi connectivity index (χ0) is 26.2. The molecule has 2 aromatic rings. The second-order valence-corrected chi connectivity index (χ2v) is 11.2. The fraction of sp³-hybridized carbons (Fsp3) is 0.333. The van der Waals surface area contributed by atoms with Gasteiger partial charge in [-0.15, -0.1) is 0 Å². The molecule has 0 spiro atoms. The Hall–Kier alpha value is -3.20. The first kappa shape index (κ1) is 28.0. The Balaban J connectivity index is 2.21. The van der Waals surface area contributed by atoms with Crippen molar-refractivity contribution in [1.29, 1.82) is 0 Å². The molecule has 0 heterocycles. The lowest BCUT2D eigenvalue weighted by molar-refractivity contribution is 0.217. The molecule has 4 amide bonds. The highest BCUT2D eigenvalue weighted by Gasteiger charge is 2.28. The average Bonchev–Trinajstić information content (AvgIpc) is 2.78. The normalized spacial score (nSPS) is 11.7. The monoisotopic (exact) mass is 528 g/mol. The Bertz CT molecular complexity index is 1130. The summed E-state index contributed by atoms with van der Waals surface area (Å²) in [6.45, 7) is -0.192. The first-order valence-corrected chi connectivity index (χ1v) is 13.5. The van der Waals surface area contributed by atoms with Crippen LogP contribution in [-0.4, -0.2) is 67.8 Å². The standard InChI is InChI=1S/C21H28N4O8S2/c1-32-11-13-34(28,29)24(20(22)26)18-7-3-16(4-8-18)15-17-5-9-19(10-6-17)25(21(23)27)35(30,31)14-12-33-2/h3-10H,11-15H2,1-2H3,(H2,22,26)(H2,23,27). The minimum atomic E-state index is -4.01. The fourth-order valence-corrected chi connectivity index (χ4v) is 5.70. The van der Waals surface area contributed by atoms with E-state index in [1.807, 2.05) is 0 Å². The summed E-state index contributed by atoms with van der Waals surface area (Å²) in [5, 5.41) is 0. The van der Waals surface area contributed by atoms with Crippen molar-refractivity contribution in [3.05, 3.63) is 59.7 Å². The molecule has 0 atom stereocenters. The molecule has 0 saturated carbocycles. The summed E-state index contributed by atoms with van der Waals surface area (Å²) in [6.07, 6.45) is 0.403. The van der Waals surface area contributed by atoms with Crippen LogP contribution in [-0.2, 0) is 35.9 Å². The molecule has 0 radical (unpaired) electrons. The number of carbonyl (C=O) groups is 2. The number of urea groups is 2. The third-order valence-electron chi connectivity index (χ3n) is 4.80. The highest BCUT2D eigenvalue weighted by atomic mass is 32.2. The van der Waals surface area contributed by atoms with Gasteiger partial charge < -0.3 is 20.9 Å². The molecule has 0 aromatic heterocycles. The van der Waals surface area contributed by atoms with E-state index in [-0.39, 0.29) is 24.6 Å². The molecule has 35 heavy (non-hydrogen) atoms. The molecule has 14 heteroatoms. The molecule has 0 aliphatic heterocycles. The Labute approximate surface area is 204 Å². The van der Waals surface area contributed by atoms with E-state index in [0.717, 1.165) is 11.1 Å². The van der Waals surface area contributed by atoms with Crippen molar-refractivity contribution in [1.82, 2.24) is 0 Å². The van der Waals surface area contributed by atoms with E-state index in [4.69, 9.17) is 20.9 Å². The molecule has 0 aliphatic carbocycles. The third-order valence-corrected chi connectivity index (χ3v) is 8.06. The van der Waals surface area contributed by atoms with Crippen LogP contribution in [0.2, 0.25) is 0 Å². The van der Waals surface area contributed by atoms with Gasteiger partial charge in [-0.05, 0) is 41.8 Å². The van der Waals surface area contributed by atoms with Gasteiger partial charge in [-0.3, -0.25) is 0 Å². The number of sulfonamides is 2. The number of methoxy groups -OCH3 is 2. The summed E-state index contributed by atoms with van der Waals surface area (Å²) in [7, 11) is -5.34. The number of nitrogens with zero attached hydrogens (tertiary/aromatic N) is 2. The van der Waals surface area contributed by atoms with Crippen LogP contribution in [0.3, 0.4) is 0 Å². The highest BCUT2D eigenvalue weighted by molar-refractivity contribution is 7.93. The maximum Gasteiger partial charge on any atom is 0.333 e. The number of anilines is 2. The second kappa shape index (κ2) is 12.0. The Kier molecular flexibility index (Phi) is 9.59. The molecule has 2 rings (SSSR count). The molecule has 0 bridgehead atoms. The fourth-order valence-electron chi connectivity index (χ4n) is 3.14. The van der Waals surface area contributed by atoms with Gasteiger partial charge in [0.15, 0.2) is 0 Å². The van der Waals surface area contributed by atoms with E-state index in [1.165, 1.54) is 38.5 Å².